The summed E-state index contributed by atoms with van der Waals surface area (Å²) in [5, 5.41) is 11.5. The summed E-state index contributed by atoms with van der Waals surface area (Å²) in [6, 6.07) is 2.59. The van der Waals surface area contributed by atoms with Crippen LogP contribution in [0.5, 0.6) is 0 Å². The van der Waals surface area contributed by atoms with Gasteiger partial charge in [-0.3, -0.25) is 4.79 Å². The summed E-state index contributed by atoms with van der Waals surface area (Å²) in [6.07, 6.45) is 2.51. The number of aliphatic hydroxyl groups is 1. The molecule has 2 N–H and O–H groups in total. The predicted octanol–water partition coefficient (Wildman–Crippen LogP) is 0.778. The maximum absolute atomic E-state index is 12.8. The zero-order valence-electron chi connectivity index (χ0n) is 14.3. The normalized spacial score (nSPS) is 16.7. The summed E-state index contributed by atoms with van der Waals surface area (Å²) in [7, 11) is -2.70. The van der Waals surface area contributed by atoms with Gasteiger partial charge in [0, 0.05) is 18.7 Å². The summed E-state index contributed by atoms with van der Waals surface area (Å²) < 4.78 is 31.5. The summed E-state index contributed by atoms with van der Waals surface area (Å²) in [5.41, 5.74) is 0.00679. The molecule has 1 aliphatic rings. The molecule has 0 saturated carbocycles. The average Bonchev–Trinajstić information content (AvgIpc) is 2.66. The Bertz CT molecular complexity index is 777. The van der Waals surface area contributed by atoms with Crippen molar-refractivity contribution in [2.75, 3.05) is 26.8 Å². The molecule has 26 heavy (non-hydrogen) atoms. The molecule has 8 nitrogen and oxygen atoms in total. The van der Waals surface area contributed by atoms with Gasteiger partial charge in [0.2, 0.25) is 10.0 Å². The second-order valence-corrected chi connectivity index (χ2v) is 8.16. The number of ether oxygens (including phenoxy) is 1. The van der Waals surface area contributed by atoms with E-state index in [4.69, 9.17) is 11.6 Å². The summed E-state index contributed by atoms with van der Waals surface area (Å²) in [5.74, 6) is -1.53. The molecular weight excluding hydrogens is 384 g/mol. The maximum atomic E-state index is 12.8. The number of amides is 1. The number of piperidine rings is 1. The van der Waals surface area contributed by atoms with Crippen molar-refractivity contribution in [1.29, 1.82) is 0 Å². The number of hydrogen-bond donors (Lipinski definition) is 2. The van der Waals surface area contributed by atoms with E-state index in [0.717, 1.165) is 26.4 Å². The number of hydrogen-bond acceptors (Lipinski definition) is 6. The Hall–Kier alpha value is -1.68. The minimum atomic E-state index is -3.82. The highest BCUT2D eigenvalue weighted by molar-refractivity contribution is 7.89. The van der Waals surface area contributed by atoms with Crippen molar-refractivity contribution in [3.8, 4) is 0 Å². The Morgan fingerprint density at radius 3 is 2.54 bits per heavy atom. The van der Waals surface area contributed by atoms with Gasteiger partial charge in [0.25, 0.3) is 5.91 Å². The van der Waals surface area contributed by atoms with Crippen LogP contribution >= 0.6 is 11.6 Å². The third-order valence-corrected chi connectivity index (χ3v) is 6.48. The molecule has 1 atom stereocenters. The molecule has 0 unspecified atom stereocenters. The molecule has 0 radical (unpaired) electrons. The van der Waals surface area contributed by atoms with Crippen LogP contribution in [0.1, 0.15) is 29.6 Å². The van der Waals surface area contributed by atoms with E-state index in [-0.39, 0.29) is 15.5 Å². The van der Waals surface area contributed by atoms with Gasteiger partial charge in [-0.2, -0.15) is 4.31 Å². The molecule has 1 aromatic rings. The Balaban J connectivity index is 2.28. The van der Waals surface area contributed by atoms with Crippen LogP contribution in [0, 0.1) is 0 Å². The predicted molar refractivity (Wildman–Crippen MR) is 94.4 cm³/mol. The topological polar surface area (TPSA) is 113 Å². The Morgan fingerprint density at radius 2 is 1.96 bits per heavy atom. The minimum absolute atomic E-state index is 0.00679. The molecule has 1 amide bonds. The van der Waals surface area contributed by atoms with E-state index in [1.807, 2.05) is 0 Å². The third-order valence-electron chi connectivity index (χ3n) is 4.10. The lowest BCUT2D eigenvalue weighted by molar-refractivity contribution is -0.143. The highest BCUT2D eigenvalue weighted by Crippen LogP contribution is 2.27. The highest BCUT2D eigenvalue weighted by Gasteiger charge is 2.29. The average molecular weight is 405 g/mol. The van der Waals surface area contributed by atoms with Gasteiger partial charge < -0.3 is 15.2 Å². The van der Waals surface area contributed by atoms with Crippen LogP contribution in [0.2, 0.25) is 5.02 Å². The van der Waals surface area contributed by atoms with Crippen molar-refractivity contribution >= 4 is 33.5 Å². The fourth-order valence-electron chi connectivity index (χ4n) is 2.65. The second-order valence-electron chi connectivity index (χ2n) is 5.84. The molecule has 1 heterocycles. The van der Waals surface area contributed by atoms with Gasteiger partial charge in [-0.15, -0.1) is 0 Å². The number of nitrogens with zero attached hydrogens (tertiary/aromatic N) is 1. The number of carbonyl (C=O) groups is 2. The van der Waals surface area contributed by atoms with Crippen molar-refractivity contribution in [2.24, 2.45) is 0 Å². The lowest BCUT2D eigenvalue weighted by Crippen LogP contribution is -2.44. The monoisotopic (exact) mass is 404 g/mol. The fraction of sp³-hybridized carbons (Fsp3) is 0.500. The molecule has 1 fully saturated rings. The molecule has 0 bridgehead atoms. The lowest BCUT2D eigenvalue weighted by Gasteiger charge is -2.26. The number of benzene rings is 1. The molecular formula is C16H21ClN2O6S. The molecule has 1 aromatic carbocycles. The third kappa shape index (κ3) is 4.53. The molecule has 0 aliphatic carbocycles. The van der Waals surface area contributed by atoms with Crippen LogP contribution in [0.4, 0.5) is 0 Å². The van der Waals surface area contributed by atoms with Crippen molar-refractivity contribution < 1.29 is 27.9 Å². The van der Waals surface area contributed by atoms with E-state index in [9.17, 15) is 23.1 Å². The number of esters is 1. The van der Waals surface area contributed by atoms with Gasteiger partial charge in [0.15, 0.2) is 6.04 Å². The number of carbonyl (C=O) groups excluding carboxylic acids is 2. The fourth-order valence-corrected chi connectivity index (χ4v) is 4.67. The summed E-state index contributed by atoms with van der Waals surface area (Å²) in [4.78, 5) is 23.6. The number of methoxy groups -OCH3 is 1. The van der Waals surface area contributed by atoms with Crippen molar-refractivity contribution in [2.45, 2.75) is 30.2 Å². The van der Waals surface area contributed by atoms with Gasteiger partial charge in [-0.05, 0) is 31.0 Å². The molecule has 0 aromatic heterocycles. The SMILES string of the molecule is COC(=O)[C@H](CO)NC(=O)c1ccc(Cl)c(S(=O)(=O)N2CCCCC2)c1. The van der Waals surface area contributed by atoms with Gasteiger partial charge in [0.1, 0.15) is 4.90 Å². The highest BCUT2D eigenvalue weighted by atomic mass is 35.5. The van der Waals surface area contributed by atoms with Crippen LogP contribution in [-0.2, 0) is 19.6 Å². The van der Waals surface area contributed by atoms with Crippen molar-refractivity contribution in [3.63, 3.8) is 0 Å². The summed E-state index contributed by atoms with van der Waals surface area (Å²) >= 11 is 6.06. The first-order valence-corrected chi connectivity index (χ1v) is 9.92. The van der Waals surface area contributed by atoms with E-state index in [2.05, 4.69) is 10.1 Å². The number of rotatable bonds is 6. The quantitative estimate of drug-likeness (QED) is 0.677. The second kappa shape index (κ2) is 8.81. The smallest absolute Gasteiger partial charge is 0.330 e. The van der Waals surface area contributed by atoms with Gasteiger partial charge >= 0.3 is 5.97 Å². The van der Waals surface area contributed by atoms with Crippen LogP contribution in [-0.4, -0.2) is 62.6 Å². The number of halogens is 1. The first kappa shape index (κ1) is 20.6. The number of nitrogens with one attached hydrogen (secondary N) is 1. The minimum Gasteiger partial charge on any atom is -0.467 e. The molecule has 2 rings (SSSR count). The first-order valence-electron chi connectivity index (χ1n) is 8.10. The largest absolute Gasteiger partial charge is 0.467 e. The first-order chi connectivity index (χ1) is 12.3. The zero-order chi connectivity index (χ0) is 19.3. The van der Waals surface area contributed by atoms with Gasteiger partial charge in [-0.25, -0.2) is 13.2 Å². The number of aliphatic hydroxyl groups excluding tert-OH is 1. The number of sulfonamides is 1. The van der Waals surface area contributed by atoms with E-state index >= 15 is 0 Å². The van der Waals surface area contributed by atoms with Gasteiger partial charge in [0.05, 0.1) is 18.7 Å². The Kier molecular flexibility index (Phi) is 6.99. The van der Waals surface area contributed by atoms with Crippen LogP contribution < -0.4 is 5.32 Å². The molecule has 1 aliphatic heterocycles. The maximum Gasteiger partial charge on any atom is 0.330 e. The van der Waals surface area contributed by atoms with Crippen LogP contribution in [0.3, 0.4) is 0 Å². The van der Waals surface area contributed by atoms with Gasteiger partial charge in [-0.1, -0.05) is 18.0 Å². The standard InChI is InChI=1S/C16H21ClN2O6S/c1-25-16(22)13(10-20)18-15(21)11-5-6-12(17)14(9-11)26(23,24)19-7-3-2-4-8-19/h5-6,9,13,20H,2-4,7-8,10H2,1H3,(H,18,21)/t13-/m0/s1. The van der Waals surface area contributed by atoms with E-state index in [1.54, 1.807) is 0 Å². The van der Waals surface area contributed by atoms with E-state index < -0.39 is 34.5 Å². The zero-order valence-corrected chi connectivity index (χ0v) is 15.8. The van der Waals surface area contributed by atoms with Crippen molar-refractivity contribution in [1.82, 2.24) is 9.62 Å². The molecule has 10 heteroatoms. The summed E-state index contributed by atoms with van der Waals surface area (Å²) in [6.45, 7) is 0.166. The molecule has 144 valence electrons. The Morgan fingerprint density at radius 1 is 1.31 bits per heavy atom. The Labute approximate surface area is 157 Å². The van der Waals surface area contributed by atoms with Crippen LogP contribution in [0.25, 0.3) is 0 Å². The van der Waals surface area contributed by atoms with E-state index in [0.29, 0.717) is 13.1 Å². The lowest BCUT2D eigenvalue weighted by atomic mass is 10.2. The molecule has 1 saturated heterocycles. The van der Waals surface area contributed by atoms with Crippen molar-refractivity contribution in [3.05, 3.63) is 28.8 Å². The molecule has 0 spiro atoms. The van der Waals surface area contributed by atoms with Crippen LogP contribution in [0.15, 0.2) is 23.1 Å². The van der Waals surface area contributed by atoms with E-state index in [1.165, 1.54) is 22.5 Å².